The molecule has 1 aromatic rings. The Labute approximate surface area is 114 Å². The predicted molar refractivity (Wildman–Crippen MR) is 77.3 cm³/mol. The Morgan fingerprint density at radius 3 is 2.95 bits per heavy atom. The van der Waals surface area contributed by atoms with Gasteiger partial charge in [0.1, 0.15) is 5.82 Å². The van der Waals surface area contributed by atoms with E-state index in [-0.39, 0.29) is 12.3 Å². The van der Waals surface area contributed by atoms with Gasteiger partial charge < -0.3 is 15.4 Å². The number of aromatic nitrogens is 1. The number of nitrogens with zero attached hydrogens (tertiary/aromatic N) is 1. The summed E-state index contributed by atoms with van der Waals surface area (Å²) in [6, 6.07) is 3.71. The third-order valence-corrected chi connectivity index (χ3v) is 2.57. The van der Waals surface area contributed by atoms with Gasteiger partial charge in [-0.3, -0.25) is 4.79 Å². The zero-order chi connectivity index (χ0) is 14.1. The van der Waals surface area contributed by atoms with Crippen LogP contribution in [0.15, 0.2) is 30.2 Å². The van der Waals surface area contributed by atoms with Crippen molar-refractivity contribution < 1.29 is 9.53 Å². The van der Waals surface area contributed by atoms with Gasteiger partial charge in [-0.15, -0.1) is 0 Å². The van der Waals surface area contributed by atoms with Crippen molar-refractivity contribution in [2.75, 3.05) is 31.3 Å². The van der Waals surface area contributed by atoms with Gasteiger partial charge in [0.2, 0.25) is 0 Å². The molecule has 0 aliphatic carbocycles. The highest BCUT2D eigenvalue weighted by Crippen LogP contribution is 2.11. The zero-order valence-corrected chi connectivity index (χ0v) is 11.7. The molecule has 0 amide bonds. The van der Waals surface area contributed by atoms with Gasteiger partial charge in [0.25, 0.3) is 0 Å². The third-order valence-electron chi connectivity index (χ3n) is 2.57. The summed E-state index contributed by atoms with van der Waals surface area (Å²) >= 11 is 0. The van der Waals surface area contributed by atoms with Crippen molar-refractivity contribution in [3.8, 4) is 0 Å². The van der Waals surface area contributed by atoms with Crippen LogP contribution in [-0.2, 0) is 9.53 Å². The summed E-state index contributed by atoms with van der Waals surface area (Å²) in [5.41, 5.74) is 0.948. The molecule has 0 fully saturated rings. The van der Waals surface area contributed by atoms with Crippen LogP contribution in [0.4, 0.5) is 11.5 Å². The largest absolute Gasteiger partial charge is 0.501 e. The summed E-state index contributed by atoms with van der Waals surface area (Å²) in [5.74, 6) is 1.36. The number of ether oxygens (including phenoxy) is 1. The predicted octanol–water partition coefficient (Wildman–Crippen LogP) is 2.43. The first kappa shape index (κ1) is 15.0. The molecule has 104 valence electrons. The van der Waals surface area contributed by atoms with Gasteiger partial charge in [0.05, 0.1) is 19.4 Å². The smallest absolute Gasteiger partial charge is 0.178 e. The van der Waals surface area contributed by atoms with Crippen LogP contribution in [0.25, 0.3) is 0 Å². The summed E-state index contributed by atoms with van der Waals surface area (Å²) in [6.45, 7) is 2.25. The molecular formula is C14H21N3O2. The molecule has 1 aromatic heterocycles. The van der Waals surface area contributed by atoms with E-state index < -0.39 is 0 Å². The Bertz CT molecular complexity index is 444. The molecule has 0 aliphatic rings. The average molecular weight is 263 g/mol. The van der Waals surface area contributed by atoms with Crippen molar-refractivity contribution in [2.45, 2.75) is 19.8 Å². The van der Waals surface area contributed by atoms with Crippen LogP contribution in [-0.4, -0.2) is 31.5 Å². The van der Waals surface area contributed by atoms with Crippen LogP contribution in [0, 0.1) is 0 Å². The SMILES string of the molecule is CCC/C(=C\C(=O)CNc1cc(NC)ccn1)OC. The lowest BCUT2D eigenvalue weighted by Gasteiger charge is -2.07. The van der Waals surface area contributed by atoms with Crippen molar-refractivity contribution in [1.29, 1.82) is 0 Å². The second-order valence-electron chi connectivity index (χ2n) is 4.06. The van der Waals surface area contributed by atoms with E-state index in [0.717, 1.165) is 18.5 Å². The van der Waals surface area contributed by atoms with Gasteiger partial charge in [0.15, 0.2) is 5.78 Å². The molecule has 0 spiro atoms. The summed E-state index contributed by atoms with van der Waals surface area (Å²) < 4.78 is 5.14. The van der Waals surface area contributed by atoms with Crippen molar-refractivity contribution in [2.24, 2.45) is 0 Å². The van der Waals surface area contributed by atoms with Gasteiger partial charge in [-0.25, -0.2) is 4.98 Å². The quantitative estimate of drug-likeness (QED) is 0.557. The number of pyridine rings is 1. The normalized spacial score (nSPS) is 11.0. The summed E-state index contributed by atoms with van der Waals surface area (Å²) in [4.78, 5) is 15.9. The molecule has 2 N–H and O–H groups in total. The van der Waals surface area contributed by atoms with Crippen molar-refractivity contribution in [1.82, 2.24) is 4.98 Å². The molecule has 0 radical (unpaired) electrons. The molecule has 1 heterocycles. The fraction of sp³-hybridized carbons (Fsp3) is 0.429. The highest BCUT2D eigenvalue weighted by Gasteiger charge is 2.03. The molecule has 5 nitrogen and oxygen atoms in total. The van der Waals surface area contributed by atoms with E-state index in [0.29, 0.717) is 11.6 Å². The van der Waals surface area contributed by atoms with E-state index in [9.17, 15) is 4.79 Å². The maximum absolute atomic E-state index is 11.8. The monoisotopic (exact) mass is 263 g/mol. The minimum atomic E-state index is -0.0260. The molecular weight excluding hydrogens is 242 g/mol. The van der Waals surface area contributed by atoms with Crippen LogP contribution in [0.1, 0.15) is 19.8 Å². The summed E-state index contributed by atoms with van der Waals surface area (Å²) in [6.07, 6.45) is 4.95. The van der Waals surface area contributed by atoms with Gasteiger partial charge in [-0.2, -0.15) is 0 Å². The molecule has 5 heteroatoms. The zero-order valence-electron chi connectivity index (χ0n) is 11.7. The number of carbonyl (C=O) groups is 1. The van der Waals surface area contributed by atoms with Gasteiger partial charge in [0, 0.05) is 37.5 Å². The molecule has 0 saturated carbocycles. The lowest BCUT2D eigenvalue weighted by atomic mass is 10.2. The second kappa shape index (κ2) is 8.13. The first-order valence-corrected chi connectivity index (χ1v) is 6.34. The van der Waals surface area contributed by atoms with Gasteiger partial charge >= 0.3 is 0 Å². The van der Waals surface area contributed by atoms with E-state index in [1.165, 1.54) is 0 Å². The van der Waals surface area contributed by atoms with Crippen molar-refractivity contribution in [3.63, 3.8) is 0 Å². The average Bonchev–Trinajstić information content (AvgIpc) is 2.45. The molecule has 19 heavy (non-hydrogen) atoms. The lowest BCUT2D eigenvalue weighted by molar-refractivity contribution is -0.113. The van der Waals surface area contributed by atoms with Crippen LogP contribution in [0.2, 0.25) is 0 Å². The Balaban J connectivity index is 2.53. The Hall–Kier alpha value is -2.04. The number of carbonyl (C=O) groups excluding carboxylic acids is 1. The minimum absolute atomic E-state index is 0.0260. The maximum Gasteiger partial charge on any atom is 0.178 e. The molecule has 0 saturated heterocycles. The minimum Gasteiger partial charge on any atom is -0.501 e. The number of nitrogens with one attached hydrogen (secondary N) is 2. The number of rotatable bonds is 8. The fourth-order valence-electron chi connectivity index (χ4n) is 1.57. The topological polar surface area (TPSA) is 63.2 Å². The van der Waals surface area contributed by atoms with Crippen LogP contribution in [0.5, 0.6) is 0 Å². The van der Waals surface area contributed by atoms with Crippen LogP contribution in [0.3, 0.4) is 0 Å². The molecule has 0 aliphatic heterocycles. The number of hydrogen-bond acceptors (Lipinski definition) is 5. The van der Waals surface area contributed by atoms with E-state index in [4.69, 9.17) is 4.74 Å². The first-order chi connectivity index (χ1) is 9.19. The Morgan fingerprint density at radius 1 is 1.53 bits per heavy atom. The van der Waals surface area contributed by atoms with Gasteiger partial charge in [-0.05, 0) is 12.5 Å². The second-order valence-corrected chi connectivity index (χ2v) is 4.06. The highest BCUT2D eigenvalue weighted by atomic mass is 16.5. The van der Waals surface area contributed by atoms with E-state index in [2.05, 4.69) is 15.6 Å². The van der Waals surface area contributed by atoms with Gasteiger partial charge in [-0.1, -0.05) is 6.92 Å². The fourth-order valence-corrected chi connectivity index (χ4v) is 1.57. The number of ketones is 1. The standard InChI is InChI=1S/C14H21N3O2/c1-4-5-13(19-3)9-12(18)10-17-14-8-11(15-2)6-7-16-14/h6-9H,4-5,10H2,1-3H3,(H2,15,16,17)/b13-9+. The number of allylic oxidation sites excluding steroid dienone is 1. The van der Waals surface area contributed by atoms with Crippen LogP contribution >= 0.6 is 0 Å². The molecule has 0 bridgehead atoms. The first-order valence-electron chi connectivity index (χ1n) is 6.34. The number of anilines is 2. The molecule has 0 aromatic carbocycles. The molecule has 0 unspecified atom stereocenters. The van der Waals surface area contributed by atoms with Crippen molar-refractivity contribution in [3.05, 3.63) is 30.2 Å². The maximum atomic E-state index is 11.8. The van der Waals surface area contributed by atoms with E-state index in [1.54, 1.807) is 19.4 Å². The van der Waals surface area contributed by atoms with Crippen LogP contribution < -0.4 is 10.6 Å². The highest BCUT2D eigenvalue weighted by molar-refractivity contribution is 5.93. The number of methoxy groups -OCH3 is 1. The molecule has 1 rings (SSSR count). The number of hydrogen-bond donors (Lipinski definition) is 2. The Kier molecular flexibility index (Phi) is 6.43. The molecule has 0 atom stereocenters. The van der Waals surface area contributed by atoms with E-state index >= 15 is 0 Å². The Morgan fingerprint density at radius 2 is 2.32 bits per heavy atom. The third kappa shape index (κ3) is 5.42. The summed E-state index contributed by atoms with van der Waals surface area (Å²) in [7, 11) is 3.42. The van der Waals surface area contributed by atoms with Crippen molar-refractivity contribution >= 4 is 17.3 Å². The summed E-state index contributed by atoms with van der Waals surface area (Å²) in [5, 5.41) is 6.01. The lowest BCUT2D eigenvalue weighted by Crippen LogP contribution is -2.13. The van der Waals surface area contributed by atoms with E-state index in [1.807, 2.05) is 26.1 Å².